The standard InChI is InChI=1S/2C5H4ClNO2/c2*6-3-1-4(8)5(9)7-2-3/h2*1-2,8H,(H,7,9). The molecule has 96 valence electrons. The molecule has 0 bridgehead atoms. The molecule has 8 heteroatoms. The molecule has 0 spiro atoms. The van der Waals surface area contributed by atoms with Crippen LogP contribution >= 0.6 is 23.2 Å². The van der Waals surface area contributed by atoms with Crippen molar-refractivity contribution < 1.29 is 10.2 Å². The molecule has 0 aliphatic heterocycles. The molecule has 0 unspecified atom stereocenters. The summed E-state index contributed by atoms with van der Waals surface area (Å²) < 4.78 is 0. The molecule has 6 nitrogen and oxygen atoms in total. The fraction of sp³-hybridized carbons (Fsp3) is 0. The van der Waals surface area contributed by atoms with Gasteiger partial charge in [-0.2, -0.15) is 0 Å². The Kier molecular flexibility index (Phi) is 4.82. The summed E-state index contributed by atoms with van der Waals surface area (Å²) >= 11 is 10.8. The monoisotopic (exact) mass is 290 g/mol. The number of H-pyrrole nitrogens is 2. The lowest BCUT2D eigenvalue weighted by atomic mass is 10.5. The Bertz CT molecular complexity index is 593. The normalized spacial score (nSPS) is 9.44. The average Bonchev–Trinajstić information content (AvgIpc) is 2.30. The summed E-state index contributed by atoms with van der Waals surface area (Å²) in [5.41, 5.74) is -1.06. The highest BCUT2D eigenvalue weighted by atomic mass is 35.5. The first kappa shape index (κ1) is 14.1. The van der Waals surface area contributed by atoms with Crippen LogP contribution in [0.2, 0.25) is 10.0 Å². The number of aromatic amines is 2. The van der Waals surface area contributed by atoms with E-state index in [0.29, 0.717) is 10.0 Å². The highest BCUT2D eigenvalue weighted by molar-refractivity contribution is 6.30. The van der Waals surface area contributed by atoms with Crippen molar-refractivity contribution in [2.75, 3.05) is 0 Å². The maximum atomic E-state index is 10.4. The zero-order chi connectivity index (χ0) is 13.7. The summed E-state index contributed by atoms with van der Waals surface area (Å²) in [7, 11) is 0. The van der Waals surface area contributed by atoms with E-state index in [1.165, 1.54) is 24.5 Å². The summed E-state index contributed by atoms with van der Waals surface area (Å²) in [5.74, 6) is -0.718. The molecule has 0 radical (unpaired) electrons. The molecular weight excluding hydrogens is 283 g/mol. The lowest BCUT2D eigenvalue weighted by Gasteiger charge is -1.88. The first-order valence-corrected chi connectivity index (χ1v) is 5.30. The second-order valence-electron chi connectivity index (χ2n) is 3.06. The Hall–Kier alpha value is -1.92. The van der Waals surface area contributed by atoms with Crippen LogP contribution in [0.4, 0.5) is 0 Å². The minimum atomic E-state index is -0.528. The van der Waals surface area contributed by atoms with Gasteiger partial charge in [0.15, 0.2) is 11.5 Å². The summed E-state index contributed by atoms with van der Waals surface area (Å²) in [6.07, 6.45) is 2.62. The molecule has 0 aliphatic carbocycles. The number of halogens is 2. The summed E-state index contributed by atoms with van der Waals surface area (Å²) in [4.78, 5) is 25.3. The van der Waals surface area contributed by atoms with E-state index in [-0.39, 0.29) is 11.5 Å². The van der Waals surface area contributed by atoms with E-state index in [9.17, 15) is 9.59 Å². The fourth-order valence-electron chi connectivity index (χ4n) is 0.893. The zero-order valence-corrected chi connectivity index (χ0v) is 10.3. The van der Waals surface area contributed by atoms with Gasteiger partial charge in [-0.25, -0.2) is 0 Å². The predicted molar refractivity (Wildman–Crippen MR) is 67.5 cm³/mol. The Balaban J connectivity index is 0.000000180. The van der Waals surface area contributed by atoms with Crippen molar-refractivity contribution in [3.63, 3.8) is 0 Å². The number of hydrogen-bond acceptors (Lipinski definition) is 4. The summed E-state index contributed by atoms with van der Waals surface area (Å²) in [6.45, 7) is 0. The number of hydrogen-bond donors (Lipinski definition) is 4. The SMILES string of the molecule is O=c1[nH]cc(Cl)cc1O.O=c1[nH]cc(Cl)cc1O. The van der Waals surface area contributed by atoms with Crippen molar-refractivity contribution in [2.24, 2.45) is 0 Å². The van der Waals surface area contributed by atoms with E-state index in [2.05, 4.69) is 9.97 Å². The van der Waals surface area contributed by atoms with Crippen LogP contribution in [-0.4, -0.2) is 20.2 Å². The second kappa shape index (κ2) is 6.13. The maximum absolute atomic E-state index is 10.4. The molecule has 0 saturated carbocycles. The van der Waals surface area contributed by atoms with Gasteiger partial charge in [-0.1, -0.05) is 23.2 Å². The largest absolute Gasteiger partial charge is 0.503 e. The van der Waals surface area contributed by atoms with Crippen LogP contribution in [0.1, 0.15) is 0 Å². The number of pyridine rings is 2. The number of nitrogens with one attached hydrogen (secondary N) is 2. The highest BCUT2D eigenvalue weighted by Gasteiger charge is 1.94. The third kappa shape index (κ3) is 4.15. The predicted octanol–water partition coefficient (Wildman–Crippen LogP) is 1.47. The molecule has 18 heavy (non-hydrogen) atoms. The van der Waals surface area contributed by atoms with Crippen LogP contribution in [0.5, 0.6) is 11.5 Å². The lowest BCUT2D eigenvalue weighted by molar-refractivity contribution is 0.466. The molecule has 2 aromatic heterocycles. The number of aromatic nitrogens is 2. The number of rotatable bonds is 0. The minimum Gasteiger partial charge on any atom is -0.503 e. The van der Waals surface area contributed by atoms with E-state index in [0.717, 1.165) is 0 Å². The third-order valence-electron chi connectivity index (χ3n) is 1.70. The van der Waals surface area contributed by atoms with Gasteiger partial charge in [-0.15, -0.1) is 0 Å². The van der Waals surface area contributed by atoms with E-state index in [1.807, 2.05) is 0 Å². The van der Waals surface area contributed by atoms with Gasteiger partial charge >= 0.3 is 0 Å². The molecule has 2 aromatic rings. The molecule has 4 N–H and O–H groups in total. The highest BCUT2D eigenvalue weighted by Crippen LogP contribution is 2.08. The van der Waals surface area contributed by atoms with Gasteiger partial charge < -0.3 is 20.2 Å². The summed E-state index contributed by atoms with van der Waals surface area (Å²) in [5, 5.41) is 18.0. The Morgan fingerprint density at radius 1 is 0.833 bits per heavy atom. The zero-order valence-electron chi connectivity index (χ0n) is 8.78. The molecule has 0 atom stereocenters. The van der Waals surface area contributed by atoms with Gasteiger partial charge in [0, 0.05) is 24.5 Å². The Morgan fingerprint density at radius 2 is 1.17 bits per heavy atom. The van der Waals surface area contributed by atoms with Crippen LogP contribution < -0.4 is 11.1 Å². The van der Waals surface area contributed by atoms with E-state index in [4.69, 9.17) is 33.4 Å². The van der Waals surface area contributed by atoms with Gasteiger partial charge in [-0.05, 0) is 0 Å². The van der Waals surface area contributed by atoms with Crippen molar-refractivity contribution >= 4 is 23.2 Å². The van der Waals surface area contributed by atoms with Crippen molar-refractivity contribution in [1.82, 2.24) is 9.97 Å². The van der Waals surface area contributed by atoms with Gasteiger partial charge in [0.2, 0.25) is 0 Å². The fourth-order valence-corrected chi connectivity index (χ4v) is 1.21. The van der Waals surface area contributed by atoms with Crippen molar-refractivity contribution in [3.8, 4) is 11.5 Å². The van der Waals surface area contributed by atoms with E-state index >= 15 is 0 Å². The quantitative estimate of drug-likeness (QED) is 0.589. The van der Waals surface area contributed by atoms with Crippen molar-refractivity contribution in [3.05, 3.63) is 55.3 Å². The average molecular weight is 291 g/mol. The third-order valence-corrected chi connectivity index (χ3v) is 2.13. The van der Waals surface area contributed by atoms with Gasteiger partial charge in [0.25, 0.3) is 11.1 Å². The van der Waals surface area contributed by atoms with Crippen molar-refractivity contribution in [2.45, 2.75) is 0 Å². The topological polar surface area (TPSA) is 106 Å². The lowest BCUT2D eigenvalue weighted by Crippen LogP contribution is -2.02. The van der Waals surface area contributed by atoms with E-state index < -0.39 is 11.1 Å². The van der Waals surface area contributed by atoms with Gasteiger partial charge in [0.1, 0.15) is 0 Å². The van der Waals surface area contributed by atoms with Crippen molar-refractivity contribution in [1.29, 1.82) is 0 Å². The second-order valence-corrected chi connectivity index (χ2v) is 3.94. The summed E-state index contributed by atoms with van der Waals surface area (Å²) in [6, 6.07) is 2.36. The first-order chi connectivity index (χ1) is 8.40. The van der Waals surface area contributed by atoms with Crippen LogP contribution in [0, 0.1) is 0 Å². The number of aromatic hydroxyl groups is 2. The molecule has 0 amide bonds. The van der Waals surface area contributed by atoms with Gasteiger partial charge in [-0.3, -0.25) is 9.59 Å². The maximum Gasteiger partial charge on any atom is 0.290 e. The Labute approximate surface area is 110 Å². The van der Waals surface area contributed by atoms with Crippen LogP contribution in [0.15, 0.2) is 34.1 Å². The van der Waals surface area contributed by atoms with Crippen LogP contribution in [0.3, 0.4) is 0 Å². The molecule has 0 aliphatic rings. The van der Waals surface area contributed by atoms with E-state index in [1.54, 1.807) is 0 Å². The molecule has 0 aromatic carbocycles. The minimum absolute atomic E-state index is 0.312. The molecule has 2 rings (SSSR count). The molecule has 0 saturated heterocycles. The van der Waals surface area contributed by atoms with Crippen LogP contribution in [-0.2, 0) is 0 Å². The molecule has 2 heterocycles. The molecule has 0 fully saturated rings. The van der Waals surface area contributed by atoms with Crippen LogP contribution in [0.25, 0.3) is 0 Å². The smallest absolute Gasteiger partial charge is 0.290 e. The first-order valence-electron chi connectivity index (χ1n) is 4.54. The Morgan fingerprint density at radius 3 is 1.39 bits per heavy atom. The van der Waals surface area contributed by atoms with Gasteiger partial charge in [0.05, 0.1) is 10.0 Å². The molecular formula is C10H8Cl2N2O4.